The molecule has 2 aromatic rings. The first-order valence-corrected chi connectivity index (χ1v) is 12.1. The summed E-state index contributed by atoms with van der Waals surface area (Å²) in [7, 11) is 0. The summed E-state index contributed by atoms with van der Waals surface area (Å²) in [4.78, 5) is 36.8. The average Bonchev–Trinajstić information content (AvgIpc) is 3.50. The zero-order valence-corrected chi connectivity index (χ0v) is 18.8. The van der Waals surface area contributed by atoms with E-state index in [4.69, 9.17) is 0 Å². The number of carbonyl (C=O) groups is 1. The van der Waals surface area contributed by atoms with E-state index in [0.717, 1.165) is 81.6 Å². The van der Waals surface area contributed by atoms with Gasteiger partial charge in [-0.15, -0.1) is 0 Å². The number of nitrogens with zero attached hydrogens (tertiary/aromatic N) is 3. The van der Waals surface area contributed by atoms with Crippen molar-refractivity contribution in [2.75, 3.05) is 31.1 Å². The summed E-state index contributed by atoms with van der Waals surface area (Å²) in [5, 5.41) is 2.99. The molecule has 7 nitrogen and oxygen atoms in total. The van der Waals surface area contributed by atoms with Crippen LogP contribution in [0.5, 0.6) is 0 Å². The van der Waals surface area contributed by atoms with Crippen LogP contribution in [0.15, 0.2) is 35.3 Å². The van der Waals surface area contributed by atoms with E-state index in [0.29, 0.717) is 23.7 Å². The number of aromatic nitrogens is 2. The highest BCUT2D eigenvalue weighted by Crippen LogP contribution is 2.30. The minimum atomic E-state index is -0.0629. The number of anilines is 1. The highest BCUT2D eigenvalue weighted by molar-refractivity contribution is 5.92. The van der Waals surface area contributed by atoms with Gasteiger partial charge in [0, 0.05) is 48.9 Å². The number of likely N-dealkylation sites (tertiary alicyclic amines) is 1. The lowest BCUT2D eigenvalue weighted by Gasteiger charge is -2.37. The number of amides is 1. The lowest BCUT2D eigenvalue weighted by molar-refractivity contribution is 0.0946. The van der Waals surface area contributed by atoms with Crippen molar-refractivity contribution in [2.45, 2.75) is 63.5 Å². The van der Waals surface area contributed by atoms with Gasteiger partial charge in [0.15, 0.2) is 0 Å². The van der Waals surface area contributed by atoms with Crippen LogP contribution in [0.4, 0.5) is 5.69 Å². The summed E-state index contributed by atoms with van der Waals surface area (Å²) in [6, 6.07) is 8.91. The maximum absolute atomic E-state index is 12.2. The first-order valence-electron chi connectivity index (χ1n) is 12.1. The fraction of sp³-hybridized carbons (Fsp3) is 0.560. The molecule has 5 rings (SSSR count). The van der Waals surface area contributed by atoms with Crippen LogP contribution in [0.25, 0.3) is 0 Å². The van der Waals surface area contributed by atoms with Crippen molar-refractivity contribution >= 4 is 11.6 Å². The minimum Gasteiger partial charge on any atom is -0.370 e. The van der Waals surface area contributed by atoms with Crippen molar-refractivity contribution in [3.05, 3.63) is 57.8 Å². The molecule has 0 radical (unpaired) electrons. The third kappa shape index (κ3) is 4.58. The Morgan fingerprint density at radius 1 is 1.09 bits per heavy atom. The summed E-state index contributed by atoms with van der Waals surface area (Å²) >= 11 is 0. The van der Waals surface area contributed by atoms with Crippen LogP contribution >= 0.6 is 0 Å². The second-order valence-corrected chi connectivity index (χ2v) is 9.47. The van der Waals surface area contributed by atoms with Gasteiger partial charge in [-0.2, -0.15) is 0 Å². The van der Waals surface area contributed by atoms with E-state index in [-0.39, 0.29) is 11.5 Å². The molecule has 1 amide bonds. The topological polar surface area (TPSA) is 81.3 Å². The molecule has 2 N–H and O–H groups in total. The summed E-state index contributed by atoms with van der Waals surface area (Å²) in [5.74, 6) is 0.359. The van der Waals surface area contributed by atoms with Crippen molar-refractivity contribution in [1.82, 2.24) is 20.2 Å². The van der Waals surface area contributed by atoms with E-state index in [1.165, 1.54) is 0 Å². The highest BCUT2D eigenvalue weighted by Gasteiger charge is 2.32. The lowest BCUT2D eigenvalue weighted by atomic mass is 10.0. The molecule has 0 aromatic carbocycles. The SMILES string of the molecule is CCc1ccc(C2CCN(C3CCN(c4ccc(C(=O)NC5CC5)nc4)CC3)C2)[nH]c1=O. The fourth-order valence-corrected chi connectivity index (χ4v) is 5.09. The molecule has 32 heavy (non-hydrogen) atoms. The van der Waals surface area contributed by atoms with Crippen molar-refractivity contribution < 1.29 is 4.79 Å². The molecule has 1 unspecified atom stereocenters. The number of aromatic amines is 1. The van der Waals surface area contributed by atoms with Gasteiger partial charge in [0.2, 0.25) is 0 Å². The molecule has 0 bridgehead atoms. The van der Waals surface area contributed by atoms with Crippen LogP contribution in [-0.4, -0.2) is 59.0 Å². The molecule has 4 heterocycles. The monoisotopic (exact) mass is 435 g/mol. The Labute approximate surface area is 189 Å². The molecule has 3 aliphatic rings. The fourth-order valence-electron chi connectivity index (χ4n) is 5.09. The van der Waals surface area contributed by atoms with Crippen LogP contribution in [0.1, 0.15) is 66.7 Å². The second-order valence-electron chi connectivity index (χ2n) is 9.47. The Kier molecular flexibility index (Phi) is 6.00. The number of piperidine rings is 1. The first-order chi connectivity index (χ1) is 15.6. The smallest absolute Gasteiger partial charge is 0.270 e. The molecule has 1 atom stereocenters. The Morgan fingerprint density at radius 2 is 1.91 bits per heavy atom. The third-order valence-corrected chi connectivity index (χ3v) is 7.29. The van der Waals surface area contributed by atoms with Crippen LogP contribution < -0.4 is 15.8 Å². The van der Waals surface area contributed by atoms with E-state index >= 15 is 0 Å². The van der Waals surface area contributed by atoms with E-state index in [1.807, 2.05) is 31.3 Å². The zero-order chi connectivity index (χ0) is 22.1. The third-order valence-electron chi connectivity index (χ3n) is 7.29. The van der Waals surface area contributed by atoms with Gasteiger partial charge in [-0.05, 0) is 63.3 Å². The molecular weight excluding hydrogens is 402 g/mol. The number of aryl methyl sites for hydroxylation is 1. The standard InChI is InChI=1S/C25H33N5O2/c1-2-17-3-7-22(28-24(17)31)18-9-12-30(16-18)20-10-13-29(14-11-20)21-6-8-23(26-15-21)25(32)27-19-4-5-19/h3,6-8,15,18-20H,2,4-5,9-14,16H2,1H3,(H,27,32)(H,28,31). The van der Waals surface area contributed by atoms with Crippen molar-refractivity contribution in [2.24, 2.45) is 0 Å². The van der Waals surface area contributed by atoms with Gasteiger partial charge >= 0.3 is 0 Å². The molecule has 7 heteroatoms. The van der Waals surface area contributed by atoms with Crippen LogP contribution in [-0.2, 0) is 6.42 Å². The maximum atomic E-state index is 12.2. The molecule has 170 valence electrons. The maximum Gasteiger partial charge on any atom is 0.270 e. The summed E-state index contributed by atoms with van der Waals surface area (Å²) in [5.41, 5.74) is 3.62. The van der Waals surface area contributed by atoms with Crippen molar-refractivity contribution in [3.8, 4) is 0 Å². The normalized spacial score (nSPS) is 22.3. The minimum absolute atomic E-state index is 0.0629. The van der Waals surface area contributed by atoms with E-state index < -0.39 is 0 Å². The van der Waals surface area contributed by atoms with Gasteiger partial charge in [0.05, 0.1) is 11.9 Å². The largest absolute Gasteiger partial charge is 0.370 e. The van der Waals surface area contributed by atoms with Gasteiger partial charge in [0.25, 0.3) is 11.5 Å². The molecule has 0 spiro atoms. The molecule has 1 saturated carbocycles. The van der Waals surface area contributed by atoms with Crippen molar-refractivity contribution in [1.29, 1.82) is 0 Å². The summed E-state index contributed by atoms with van der Waals surface area (Å²) in [6.07, 6.45) is 8.14. The molecule has 2 saturated heterocycles. The molecule has 3 fully saturated rings. The number of hydrogen-bond acceptors (Lipinski definition) is 5. The number of carbonyl (C=O) groups excluding carboxylic acids is 1. The van der Waals surface area contributed by atoms with Gasteiger partial charge in [-0.3, -0.25) is 14.5 Å². The zero-order valence-electron chi connectivity index (χ0n) is 18.8. The van der Waals surface area contributed by atoms with Crippen LogP contribution in [0, 0.1) is 0 Å². The number of H-pyrrole nitrogens is 1. The first kappa shape index (κ1) is 21.2. The van der Waals surface area contributed by atoms with Gasteiger partial charge in [-0.25, -0.2) is 4.98 Å². The second kappa shape index (κ2) is 9.06. The number of nitrogens with one attached hydrogen (secondary N) is 2. The highest BCUT2D eigenvalue weighted by atomic mass is 16.2. The van der Waals surface area contributed by atoms with Crippen LogP contribution in [0.3, 0.4) is 0 Å². The predicted octanol–water partition coefficient (Wildman–Crippen LogP) is 2.68. The van der Waals surface area contributed by atoms with Gasteiger partial charge in [0.1, 0.15) is 5.69 Å². The predicted molar refractivity (Wildman–Crippen MR) is 125 cm³/mol. The van der Waals surface area contributed by atoms with Crippen LogP contribution in [0.2, 0.25) is 0 Å². The summed E-state index contributed by atoms with van der Waals surface area (Å²) < 4.78 is 0. The molecule has 2 aliphatic heterocycles. The Balaban J connectivity index is 1.13. The Morgan fingerprint density at radius 3 is 2.56 bits per heavy atom. The van der Waals surface area contributed by atoms with Gasteiger partial charge in [-0.1, -0.05) is 13.0 Å². The quantitative estimate of drug-likeness (QED) is 0.729. The average molecular weight is 436 g/mol. The lowest BCUT2D eigenvalue weighted by Crippen LogP contribution is -2.44. The van der Waals surface area contributed by atoms with E-state index in [2.05, 4.69) is 31.2 Å². The number of hydrogen-bond donors (Lipinski definition) is 2. The van der Waals surface area contributed by atoms with E-state index in [1.54, 1.807) is 0 Å². The molecule has 2 aromatic heterocycles. The number of pyridine rings is 2. The van der Waals surface area contributed by atoms with Crippen molar-refractivity contribution in [3.63, 3.8) is 0 Å². The molecular formula is C25H33N5O2. The Hall–Kier alpha value is -2.67. The van der Waals surface area contributed by atoms with E-state index in [9.17, 15) is 9.59 Å². The number of rotatable bonds is 6. The summed E-state index contributed by atoms with van der Waals surface area (Å²) in [6.45, 7) is 6.15. The van der Waals surface area contributed by atoms with Gasteiger partial charge < -0.3 is 15.2 Å². The molecule has 1 aliphatic carbocycles. The Bertz CT molecular complexity index is 1010.